The molecule has 3 aromatic rings. The molecular formula is C31H34F4N2O6. The van der Waals surface area contributed by atoms with Crippen LogP contribution in [0, 0.1) is 5.82 Å². The number of hydrogen-bond donors (Lipinski definition) is 2. The Labute approximate surface area is 247 Å². The van der Waals surface area contributed by atoms with E-state index in [9.17, 15) is 32.3 Å². The molecule has 0 radical (unpaired) electrons. The van der Waals surface area contributed by atoms with Crippen LogP contribution < -0.4 is 14.8 Å². The second-order valence-corrected chi connectivity index (χ2v) is 9.48. The number of carboxylic acid groups (broad SMARTS) is 1. The molecule has 1 unspecified atom stereocenters. The van der Waals surface area contributed by atoms with Crippen molar-refractivity contribution in [2.75, 3.05) is 38.2 Å². The molecule has 8 nitrogen and oxygen atoms in total. The maximum absolute atomic E-state index is 13.1. The lowest BCUT2D eigenvalue weighted by Gasteiger charge is -2.23. The van der Waals surface area contributed by atoms with E-state index >= 15 is 0 Å². The topological polar surface area (TPSA) is 97.3 Å². The number of alkyl halides is 3. The van der Waals surface area contributed by atoms with E-state index in [-0.39, 0.29) is 37.7 Å². The van der Waals surface area contributed by atoms with E-state index in [0.717, 1.165) is 17.7 Å². The van der Waals surface area contributed by atoms with Gasteiger partial charge in [-0.25, -0.2) is 14.0 Å². The average Bonchev–Trinajstić information content (AvgIpc) is 2.97. The number of aliphatic carboxylic acids is 1. The van der Waals surface area contributed by atoms with Crippen molar-refractivity contribution in [3.8, 4) is 11.5 Å². The molecule has 0 aliphatic rings. The Morgan fingerprint density at radius 1 is 0.860 bits per heavy atom. The normalized spacial score (nSPS) is 11.9. The predicted octanol–water partition coefficient (Wildman–Crippen LogP) is 6.65. The highest BCUT2D eigenvalue weighted by molar-refractivity contribution is 5.89. The number of anilines is 1. The zero-order valence-corrected chi connectivity index (χ0v) is 23.6. The van der Waals surface area contributed by atoms with Gasteiger partial charge in [-0.05, 0) is 86.0 Å². The van der Waals surface area contributed by atoms with Gasteiger partial charge in [0.1, 0.15) is 23.9 Å². The Hall–Kier alpha value is -4.32. The summed E-state index contributed by atoms with van der Waals surface area (Å²) in [5, 5.41) is 11.9. The van der Waals surface area contributed by atoms with Crippen molar-refractivity contribution in [1.82, 2.24) is 4.90 Å². The minimum absolute atomic E-state index is 0.128. The number of benzene rings is 3. The van der Waals surface area contributed by atoms with Gasteiger partial charge in [-0.2, -0.15) is 13.2 Å². The van der Waals surface area contributed by atoms with Crippen molar-refractivity contribution in [2.45, 2.75) is 38.5 Å². The molecule has 3 aromatic carbocycles. The summed E-state index contributed by atoms with van der Waals surface area (Å²) in [4.78, 5) is 25.8. The second-order valence-electron chi connectivity index (χ2n) is 9.48. The smallest absolute Gasteiger partial charge is 0.416 e. The zero-order valence-electron chi connectivity index (χ0n) is 23.6. The van der Waals surface area contributed by atoms with Crippen LogP contribution in [0.3, 0.4) is 0 Å². The van der Waals surface area contributed by atoms with Gasteiger partial charge in [-0.3, -0.25) is 0 Å². The summed E-state index contributed by atoms with van der Waals surface area (Å²) in [5.74, 6) is -0.371. The number of halogens is 4. The van der Waals surface area contributed by atoms with Gasteiger partial charge in [0.15, 0.2) is 6.10 Å². The quantitative estimate of drug-likeness (QED) is 0.140. The fraction of sp³-hybridized carbons (Fsp3) is 0.355. The summed E-state index contributed by atoms with van der Waals surface area (Å²) < 4.78 is 68.4. The zero-order chi connectivity index (χ0) is 31.2. The summed E-state index contributed by atoms with van der Waals surface area (Å²) >= 11 is 0. The standard InChI is InChI=1S/C31H34F4N2O6/c1-2-41-28(29(38)39)21-22-5-13-26(14-6-22)43-20-18-37(17-3-4-19-42-27-15-9-24(32)10-16-27)30(40)36-25-11-7-23(8-12-25)31(33,34)35/h5-16,28H,2-4,17-21H2,1H3,(H,36,40)(H,38,39). The molecule has 0 heterocycles. The lowest BCUT2D eigenvalue weighted by atomic mass is 10.1. The molecule has 0 aliphatic carbocycles. The first-order valence-electron chi connectivity index (χ1n) is 13.7. The number of rotatable bonds is 16. The van der Waals surface area contributed by atoms with Gasteiger partial charge in [0, 0.05) is 25.3 Å². The number of carbonyl (C=O) groups excluding carboxylic acids is 1. The van der Waals surface area contributed by atoms with Crippen LogP contribution in [0.2, 0.25) is 0 Å². The van der Waals surface area contributed by atoms with E-state index in [2.05, 4.69) is 5.32 Å². The van der Waals surface area contributed by atoms with E-state index in [1.807, 2.05) is 0 Å². The van der Waals surface area contributed by atoms with Gasteiger partial charge >= 0.3 is 18.2 Å². The summed E-state index contributed by atoms with van der Waals surface area (Å²) in [6.07, 6.45) is -4.09. The number of unbranched alkanes of at least 4 members (excludes halogenated alkanes) is 1. The van der Waals surface area contributed by atoms with Crippen LogP contribution in [0.1, 0.15) is 30.9 Å². The molecule has 3 rings (SSSR count). The Morgan fingerprint density at radius 2 is 1.47 bits per heavy atom. The maximum Gasteiger partial charge on any atom is 0.416 e. The SMILES string of the molecule is CCOC(Cc1ccc(OCCN(CCCCOc2ccc(F)cc2)C(=O)Nc2ccc(C(F)(F)F)cc2)cc1)C(=O)O. The van der Waals surface area contributed by atoms with Crippen molar-refractivity contribution in [1.29, 1.82) is 0 Å². The van der Waals surface area contributed by atoms with Gasteiger partial charge in [-0.1, -0.05) is 12.1 Å². The van der Waals surface area contributed by atoms with E-state index in [4.69, 9.17) is 14.2 Å². The van der Waals surface area contributed by atoms with Crippen LogP contribution in [-0.4, -0.2) is 61.0 Å². The first kappa shape index (κ1) is 33.2. The van der Waals surface area contributed by atoms with Crippen LogP contribution in [0.15, 0.2) is 72.8 Å². The number of urea groups is 1. The van der Waals surface area contributed by atoms with Crippen molar-refractivity contribution in [3.05, 3.63) is 89.7 Å². The largest absolute Gasteiger partial charge is 0.494 e. The van der Waals surface area contributed by atoms with Crippen molar-refractivity contribution in [3.63, 3.8) is 0 Å². The summed E-state index contributed by atoms with van der Waals surface area (Å²) in [7, 11) is 0. The van der Waals surface area contributed by atoms with Gasteiger partial charge in [0.2, 0.25) is 0 Å². The fourth-order valence-electron chi connectivity index (χ4n) is 4.01. The summed E-state index contributed by atoms with van der Waals surface area (Å²) in [5.41, 5.74) is 0.152. The molecule has 0 fully saturated rings. The molecule has 1 atom stereocenters. The molecule has 43 heavy (non-hydrogen) atoms. The van der Waals surface area contributed by atoms with Crippen molar-refractivity contribution in [2.24, 2.45) is 0 Å². The summed E-state index contributed by atoms with van der Waals surface area (Å²) in [6, 6.07) is 16.2. The Balaban J connectivity index is 1.55. The van der Waals surface area contributed by atoms with Gasteiger partial charge in [0.05, 0.1) is 18.7 Å². The highest BCUT2D eigenvalue weighted by Crippen LogP contribution is 2.30. The molecule has 0 spiro atoms. The highest BCUT2D eigenvalue weighted by Gasteiger charge is 2.30. The van der Waals surface area contributed by atoms with Crippen LogP contribution in [-0.2, 0) is 22.1 Å². The number of nitrogens with one attached hydrogen (secondary N) is 1. The number of amides is 2. The monoisotopic (exact) mass is 606 g/mol. The number of hydrogen-bond acceptors (Lipinski definition) is 5. The number of ether oxygens (including phenoxy) is 3. The molecule has 0 saturated heterocycles. The van der Waals surface area contributed by atoms with Crippen LogP contribution in [0.5, 0.6) is 11.5 Å². The summed E-state index contributed by atoms with van der Waals surface area (Å²) in [6.45, 7) is 2.97. The molecule has 0 bridgehead atoms. The van der Waals surface area contributed by atoms with Crippen LogP contribution >= 0.6 is 0 Å². The second kappa shape index (κ2) is 16.4. The minimum atomic E-state index is -4.48. The molecule has 0 aromatic heterocycles. The van der Waals surface area contributed by atoms with Gasteiger partial charge in [0.25, 0.3) is 0 Å². The van der Waals surface area contributed by atoms with Gasteiger partial charge in [-0.15, -0.1) is 0 Å². The molecule has 0 aliphatic heterocycles. The predicted molar refractivity (Wildman–Crippen MR) is 152 cm³/mol. The lowest BCUT2D eigenvalue weighted by molar-refractivity contribution is -0.150. The maximum atomic E-state index is 13.1. The van der Waals surface area contributed by atoms with E-state index < -0.39 is 29.8 Å². The number of carbonyl (C=O) groups is 2. The third-order valence-electron chi connectivity index (χ3n) is 6.27. The van der Waals surface area contributed by atoms with Crippen LogP contribution in [0.4, 0.5) is 28.0 Å². The minimum Gasteiger partial charge on any atom is -0.494 e. The van der Waals surface area contributed by atoms with E-state index in [1.165, 1.54) is 41.3 Å². The first-order chi connectivity index (χ1) is 20.5. The molecule has 0 saturated carbocycles. The van der Waals surface area contributed by atoms with Crippen molar-refractivity contribution >= 4 is 17.7 Å². The van der Waals surface area contributed by atoms with E-state index in [0.29, 0.717) is 37.5 Å². The lowest BCUT2D eigenvalue weighted by Crippen LogP contribution is -2.38. The highest BCUT2D eigenvalue weighted by atomic mass is 19.4. The van der Waals surface area contributed by atoms with Crippen LogP contribution in [0.25, 0.3) is 0 Å². The molecule has 12 heteroatoms. The third kappa shape index (κ3) is 11.5. The molecule has 2 N–H and O–H groups in total. The molecule has 232 valence electrons. The Bertz CT molecular complexity index is 1290. The van der Waals surface area contributed by atoms with E-state index in [1.54, 1.807) is 31.2 Å². The first-order valence-corrected chi connectivity index (χ1v) is 13.7. The number of carboxylic acids is 1. The van der Waals surface area contributed by atoms with Crippen molar-refractivity contribution < 1.29 is 46.5 Å². The third-order valence-corrected chi connectivity index (χ3v) is 6.27. The van der Waals surface area contributed by atoms with Gasteiger partial charge < -0.3 is 29.5 Å². The Kier molecular flexibility index (Phi) is 12.6. The molecular weight excluding hydrogens is 572 g/mol. The Morgan fingerprint density at radius 3 is 2.05 bits per heavy atom. The average molecular weight is 607 g/mol. The number of nitrogens with zero attached hydrogens (tertiary/aromatic N) is 1. The fourth-order valence-corrected chi connectivity index (χ4v) is 4.01. The molecule has 2 amide bonds.